The summed E-state index contributed by atoms with van der Waals surface area (Å²) in [6.45, 7) is 7.53. The summed E-state index contributed by atoms with van der Waals surface area (Å²) in [6, 6.07) is 37.7. The van der Waals surface area contributed by atoms with Crippen LogP contribution in [0.5, 0.6) is 0 Å². The molecule has 4 unspecified atom stereocenters. The van der Waals surface area contributed by atoms with Gasteiger partial charge in [0.25, 0.3) is 0 Å². The van der Waals surface area contributed by atoms with Gasteiger partial charge in [-0.15, -0.1) is 0 Å². The van der Waals surface area contributed by atoms with Crippen LogP contribution < -0.4 is 21.2 Å². The van der Waals surface area contributed by atoms with E-state index in [9.17, 15) is 18.3 Å². The third-order valence-electron chi connectivity index (χ3n) is 8.50. The van der Waals surface area contributed by atoms with Crippen LogP contribution >= 0.6 is 29.0 Å². The molecule has 0 spiro atoms. The summed E-state index contributed by atoms with van der Waals surface area (Å²) in [6.07, 6.45) is 3.21. The van der Waals surface area contributed by atoms with Crippen molar-refractivity contribution >= 4 is 50.2 Å². The molecule has 0 saturated heterocycles. The van der Waals surface area contributed by atoms with Crippen molar-refractivity contribution in [3.8, 4) is 0 Å². The maximum atomic E-state index is 14.8. The van der Waals surface area contributed by atoms with E-state index in [1.54, 1.807) is 0 Å². The molecule has 4 rings (SSSR count). The van der Waals surface area contributed by atoms with Crippen LogP contribution in [0.3, 0.4) is 0 Å². The first-order valence-electron chi connectivity index (χ1n) is 17.3. The van der Waals surface area contributed by atoms with E-state index in [2.05, 4.69) is 0 Å². The summed E-state index contributed by atoms with van der Waals surface area (Å²) >= 11 is 0. The van der Waals surface area contributed by atoms with E-state index in [0.717, 1.165) is 10.6 Å². The molecule has 0 aromatic heterocycles. The molecular weight excluding hydrogens is 688 g/mol. The zero-order chi connectivity index (χ0) is 35.4. The molecule has 49 heavy (non-hydrogen) atoms. The van der Waals surface area contributed by atoms with Crippen LogP contribution in [-0.4, -0.2) is 49.2 Å². The molecule has 0 amide bonds. The van der Waals surface area contributed by atoms with Gasteiger partial charge in [-0.3, -0.25) is 9.13 Å². The van der Waals surface area contributed by atoms with Crippen LogP contribution in [0.25, 0.3) is 0 Å². The molecule has 4 atom stereocenters. The summed E-state index contributed by atoms with van der Waals surface area (Å²) in [4.78, 5) is 0. The van der Waals surface area contributed by atoms with Gasteiger partial charge in [0, 0.05) is 58.2 Å². The Morgan fingerprint density at radius 3 is 0.898 bits per heavy atom. The molecule has 0 aliphatic carbocycles. The third-order valence-corrected chi connectivity index (χ3v) is 20.6. The fourth-order valence-corrected chi connectivity index (χ4v) is 17.3. The van der Waals surface area contributed by atoms with Crippen molar-refractivity contribution in [1.29, 1.82) is 0 Å². The second-order valence-electron chi connectivity index (χ2n) is 13.2. The number of benzene rings is 4. The maximum Gasteiger partial charge on any atom is 0.232 e. The highest BCUT2D eigenvalue weighted by atomic mass is 31.2. The Morgan fingerprint density at radius 2 is 0.633 bits per heavy atom. The van der Waals surface area contributed by atoms with Crippen LogP contribution in [0.15, 0.2) is 121 Å². The Bertz CT molecular complexity index is 1630. The van der Waals surface area contributed by atoms with E-state index in [-0.39, 0.29) is 12.2 Å². The number of hydrogen-bond acceptors (Lipinski definition) is 6. The summed E-state index contributed by atoms with van der Waals surface area (Å²) in [5, 5.41) is 2.94. The van der Waals surface area contributed by atoms with E-state index in [4.69, 9.17) is 9.05 Å². The molecule has 0 bridgehead atoms. The first kappa shape index (κ1) is 39.5. The van der Waals surface area contributed by atoms with Gasteiger partial charge in [0.15, 0.2) is 0 Å². The van der Waals surface area contributed by atoms with E-state index in [1.165, 1.54) is 0 Å². The van der Waals surface area contributed by atoms with Crippen molar-refractivity contribution in [1.82, 2.24) is 0 Å². The fourth-order valence-electron chi connectivity index (χ4n) is 6.27. The maximum absolute atomic E-state index is 14.8. The molecule has 4 aromatic rings. The van der Waals surface area contributed by atoms with Gasteiger partial charge in [0.1, 0.15) is 14.3 Å². The average molecular weight is 741 g/mol. The molecule has 0 aliphatic rings. The predicted molar refractivity (Wildman–Crippen MR) is 210 cm³/mol. The quantitative estimate of drug-likeness (QED) is 0.0840. The van der Waals surface area contributed by atoms with Crippen LogP contribution in [0.1, 0.15) is 47.0 Å². The summed E-state index contributed by atoms with van der Waals surface area (Å²) in [5.41, 5.74) is 0. The molecule has 0 N–H and O–H groups in total. The lowest BCUT2D eigenvalue weighted by molar-refractivity contribution is 0.248. The highest BCUT2D eigenvalue weighted by Gasteiger charge is 2.33. The summed E-state index contributed by atoms with van der Waals surface area (Å²) < 4.78 is 69.9. The van der Waals surface area contributed by atoms with Crippen molar-refractivity contribution in [2.45, 2.75) is 59.2 Å². The first-order valence-corrected chi connectivity index (χ1v) is 25.1. The van der Waals surface area contributed by atoms with E-state index >= 15 is 0 Å². The van der Waals surface area contributed by atoms with Crippen molar-refractivity contribution in [3.05, 3.63) is 121 Å². The van der Waals surface area contributed by atoms with E-state index < -0.39 is 29.0 Å². The van der Waals surface area contributed by atoms with Gasteiger partial charge >= 0.3 is 0 Å². The third kappa shape index (κ3) is 11.4. The zero-order valence-corrected chi connectivity index (χ0v) is 32.9. The Balaban J connectivity index is 1.50. The Labute approximate surface area is 294 Å². The monoisotopic (exact) mass is 740 g/mol. The van der Waals surface area contributed by atoms with Gasteiger partial charge in [-0.05, 0) is 71.2 Å². The van der Waals surface area contributed by atoms with Gasteiger partial charge in [0.05, 0.1) is 12.2 Å². The van der Waals surface area contributed by atoms with Gasteiger partial charge in [-0.25, -0.2) is 0 Å². The summed E-state index contributed by atoms with van der Waals surface area (Å²) in [5.74, 6) is 0. The largest absolute Gasteiger partial charge is 0.323 e. The van der Waals surface area contributed by atoms with Crippen LogP contribution in [0.2, 0.25) is 0 Å². The molecule has 0 saturated carbocycles. The first-order chi connectivity index (χ1) is 23.4. The minimum atomic E-state index is -3.15. The smallest absolute Gasteiger partial charge is 0.232 e. The molecule has 4 aromatic carbocycles. The second-order valence-corrected chi connectivity index (χ2v) is 24.6. The molecule has 0 fully saturated rings. The van der Waals surface area contributed by atoms with Crippen LogP contribution in [-0.2, 0) is 27.3 Å². The molecule has 0 aliphatic heterocycles. The van der Waals surface area contributed by atoms with E-state index in [0.29, 0.717) is 66.8 Å². The predicted octanol–water partition coefficient (Wildman–Crippen LogP) is 9.59. The topological polar surface area (TPSA) is 86.7 Å². The van der Waals surface area contributed by atoms with Gasteiger partial charge < -0.3 is 18.2 Å². The zero-order valence-electron chi connectivity index (χ0n) is 29.3. The van der Waals surface area contributed by atoms with Crippen LogP contribution in [0.4, 0.5) is 0 Å². The van der Waals surface area contributed by atoms with E-state index in [1.807, 2.05) is 149 Å². The van der Waals surface area contributed by atoms with Crippen molar-refractivity contribution < 1.29 is 27.3 Å². The summed E-state index contributed by atoms with van der Waals surface area (Å²) in [7, 11) is -12.2. The minimum Gasteiger partial charge on any atom is -0.323 e. The van der Waals surface area contributed by atoms with Gasteiger partial charge in [0.2, 0.25) is 14.7 Å². The SMILES string of the molecule is CC(C)OP(=O)(CCCP(=O)(CCCP(=O)(CCCP(=O)(OC(C)C)c1ccccc1)c1ccccc1)c1ccccc1)c1ccccc1. The second kappa shape index (κ2) is 18.3. The van der Waals surface area contributed by atoms with Gasteiger partial charge in [-0.1, -0.05) is 97.1 Å². The van der Waals surface area contributed by atoms with Gasteiger partial charge in [-0.2, -0.15) is 0 Å². The molecular formula is C39H52O6P4. The highest BCUT2D eigenvalue weighted by molar-refractivity contribution is 7.73. The average Bonchev–Trinajstić information content (AvgIpc) is 3.09. The molecule has 0 heterocycles. The van der Waals surface area contributed by atoms with Crippen molar-refractivity contribution in [3.63, 3.8) is 0 Å². The Hall–Kier alpha value is -2.28. The molecule has 10 heteroatoms. The molecule has 264 valence electrons. The van der Waals surface area contributed by atoms with Crippen LogP contribution in [0, 0.1) is 0 Å². The molecule has 6 nitrogen and oxygen atoms in total. The minimum absolute atomic E-state index is 0.211. The highest BCUT2D eigenvalue weighted by Crippen LogP contribution is 2.54. The number of rotatable bonds is 20. The Kier molecular flexibility index (Phi) is 14.7. The lowest BCUT2D eigenvalue weighted by Gasteiger charge is -2.25. The normalized spacial score (nSPS) is 16.8. The molecule has 0 radical (unpaired) electrons. The van der Waals surface area contributed by atoms with Crippen molar-refractivity contribution in [2.24, 2.45) is 0 Å². The lowest BCUT2D eigenvalue weighted by atomic mass is 10.4. The Morgan fingerprint density at radius 1 is 0.388 bits per heavy atom. The standard InChI is InChI=1S/C39H52O6P4/c1-34(2)44-48(42,38-24-13-7-14-25-38)32-18-30-46(40,36-20-9-5-10-21-36)28-17-29-47(41,37-22-11-6-12-23-37)31-19-33-49(43,45-35(3)4)39-26-15-8-16-27-39/h5-16,20-27,34-35H,17-19,28-33H2,1-4H3. The lowest BCUT2D eigenvalue weighted by Crippen LogP contribution is -2.18. The fraction of sp³-hybridized carbons (Fsp3) is 0.385. The van der Waals surface area contributed by atoms with Crippen molar-refractivity contribution in [2.75, 3.05) is 37.0 Å². The number of hydrogen-bond donors (Lipinski definition) is 0.